The second kappa shape index (κ2) is 8.90. The highest BCUT2D eigenvalue weighted by molar-refractivity contribution is 6.35. The summed E-state index contributed by atoms with van der Waals surface area (Å²) in [5.41, 5.74) is -0.179. The van der Waals surface area contributed by atoms with Gasteiger partial charge in [0, 0.05) is 35.8 Å². The molecule has 1 atom stereocenters. The summed E-state index contributed by atoms with van der Waals surface area (Å²) in [6, 6.07) is 16.3. The van der Waals surface area contributed by atoms with Crippen LogP contribution in [0.3, 0.4) is 0 Å². The predicted octanol–water partition coefficient (Wildman–Crippen LogP) is 4.01. The number of fused-ring (bicyclic) bond motifs is 1. The van der Waals surface area contributed by atoms with Crippen molar-refractivity contribution in [3.05, 3.63) is 93.0 Å². The van der Waals surface area contributed by atoms with Crippen LogP contribution >= 0.6 is 11.6 Å². The minimum Gasteiger partial charge on any atom is -0.426 e. The molecular weight excluding hydrogens is 490 g/mol. The average molecular weight is 506 g/mol. The molecule has 0 aromatic heterocycles. The SMILES string of the molecule is O=C(Oc1cccc(N2C(=O)c3cccc([N+](=O)[O-])c3C2=O)c1)[C@H]1CC(=O)N(c2cccc(Cl)c2)C1. The number of hydrogen-bond donors (Lipinski definition) is 0. The first-order valence-electron chi connectivity index (χ1n) is 10.8. The van der Waals surface area contributed by atoms with E-state index in [1.807, 2.05) is 0 Å². The molecule has 3 aromatic rings. The Bertz CT molecular complexity index is 1470. The Balaban J connectivity index is 1.34. The summed E-state index contributed by atoms with van der Waals surface area (Å²) >= 11 is 6.01. The van der Waals surface area contributed by atoms with E-state index < -0.39 is 34.3 Å². The molecule has 2 aliphatic rings. The number of halogens is 1. The van der Waals surface area contributed by atoms with Crippen LogP contribution in [0.5, 0.6) is 5.75 Å². The molecular formula is C25H16ClN3O7. The second-order valence-corrected chi connectivity index (χ2v) is 8.64. The third-order valence-electron chi connectivity index (χ3n) is 5.96. The average Bonchev–Trinajstić information content (AvgIpc) is 3.36. The van der Waals surface area contributed by atoms with Crippen LogP contribution in [0, 0.1) is 16.0 Å². The normalized spacial score (nSPS) is 16.9. The third-order valence-corrected chi connectivity index (χ3v) is 6.20. The molecule has 0 N–H and O–H groups in total. The number of nitro benzene ring substituents is 1. The molecule has 0 unspecified atom stereocenters. The summed E-state index contributed by atoms with van der Waals surface area (Å²) in [7, 11) is 0. The van der Waals surface area contributed by atoms with Crippen LogP contribution in [0.15, 0.2) is 66.7 Å². The lowest BCUT2D eigenvalue weighted by Crippen LogP contribution is -2.29. The van der Waals surface area contributed by atoms with E-state index in [-0.39, 0.29) is 41.4 Å². The van der Waals surface area contributed by atoms with Crippen molar-refractivity contribution in [2.75, 3.05) is 16.3 Å². The van der Waals surface area contributed by atoms with Crippen molar-refractivity contribution in [2.24, 2.45) is 5.92 Å². The molecule has 5 rings (SSSR count). The van der Waals surface area contributed by atoms with Crippen LogP contribution < -0.4 is 14.5 Å². The zero-order valence-electron chi connectivity index (χ0n) is 18.4. The Morgan fingerprint density at radius 1 is 0.972 bits per heavy atom. The number of esters is 1. The number of nitro groups is 1. The number of benzene rings is 3. The highest BCUT2D eigenvalue weighted by Crippen LogP contribution is 2.35. The van der Waals surface area contributed by atoms with Gasteiger partial charge in [0.05, 0.1) is 22.1 Å². The van der Waals surface area contributed by atoms with Crippen molar-refractivity contribution >= 4 is 52.4 Å². The highest BCUT2D eigenvalue weighted by atomic mass is 35.5. The first-order valence-corrected chi connectivity index (χ1v) is 11.2. The lowest BCUT2D eigenvalue weighted by molar-refractivity contribution is -0.385. The second-order valence-electron chi connectivity index (χ2n) is 8.21. The minimum atomic E-state index is -0.843. The molecule has 10 nitrogen and oxygen atoms in total. The van der Waals surface area contributed by atoms with Gasteiger partial charge in [-0.2, -0.15) is 0 Å². The first-order chi connectivity index (χ1) is 17.2. The zero-order chi connectivity index (χ0) is 25.6. The van der Waals surface area contributed by atoms with Gasteiger partial charge < -0.3 is 9.64 Å². The fourth-order valence-electron chi connectivity index (χ4n) is 4.30. The van der Waals surface area contributed by atoms with Crippen LogP contribution in [0.1, 0.15) is 27.1 Å². The van der Waals surface area contributed by atoms with E-state index in [0.717, 1.165) is 11.0 Å². The van der Waals surface area contributed by atoms with E-state index in [4.69, 9.17) is 16.3 Å². The van der Waals surface area contributed by atoms with Crippen LogP contribution in [0.2, 0.25) is 5.02 Å². The molecule has 3 aromatic carbocycles. The molecule has 2 aliphatic heterocycles. The number of carbonyl (C=O) groups excluding carboxylic acids is 4. The van der Waals surface area contributed by atoms with Gasteiger partial charge in [0.25, 0.3) is 17.5 Å². The molecule has 0 aliphatic carbocycles. The fraction of sp³-hybridized carbons (Fsp3) is 0.120. The van der Waals surface area contributed by atoms with E-state index in [9.17, 15) is 29.3 Å². The molecule has 0 bridgehead atoms. The van der Waals surface area contributed by atoms with E-state index in [0.29, 0.717) is 10.7 Å². The maximum Gasteiger partial charge on any atom is 0.316 e. The van der Waals surface area contributed by atoms with E-state index in [1.165, 1.54) is 41.3 Å². The number of nitrogens with zero attached hydrogens (tertiary/aromatic N) is 3. The largest absolute Gasteiger partial charge is 0.426 e. The van der Waals surface area contributed by atoms with Crippen molar-refractivity contribution < 1.29 is 28.8 Å². The van der Waals surface area contributed by atoms with Crippen molar-refractivity contribution in [3.8, 4) is 5.75 Å². The Morgan fingerprint density at radius 2 is 1.69 bits per heavy atom. The number of ether oxygens (including phenoxy) is 1. The minimum absolute atomic E-state index is 0.0485. The standard InChI is InChI=1S/C25H16ClN3O7/c26-15-4-1-5-16(11-15)27-13-14(10-21(27)30)25(33)36-18-7-2-6-17(12-18)28-23(31)19-8-3-9-20(29(34)35)22(19)24(28)32/h1-9,11-12,14H,10,13H2/t14-/m0/s1. The maximum absolute atomic E-state index is 12.9. The summed E-state index contributed by atoms with van der Waals surface area (Å²) in [6.45, 7) is 0.111. The van der Waals surface area contributed by atoms with Crippen LogP contribution in [0.25, 0.3) is 0 Å². The fourth-order valence-corrected chi connectivity index (χ4v) is 4.48. The van der Waals surface area contributed by atoms with E-state index in [2.05, 4.69) is 0 Å². The van der Waals surface area contributed by atoms with Gasteiger partial charge >= 0.3 is 5.97 Å². The summed E-state index contributed by atoms with van der Waals surface area (Å²) in [5, 5.41) is 11.8. The topological polar surface area (TPSA) is 127 Å². The summed E-state index contributed by atoms with van der Waals surface area (Å²) in [4.78, 5) is 64.0. The Labute approximate surface area is 208 Å². The number of amides is 3. The predicted molar refractivity (Wildman–Crippen MR) is 128 cm³/mol. The number of imide groups is 1. The quantitative estimate of drug-likeness (QED) is 0.168. The number of hydrogen-bond acceptors (Lipinski definition) is 7. The molecule has 36 heavy (non-hydrogen) atoms. The van der Waals surface area contributed by atoms with Gasteiger partial charge in [-0.3, -0.25) is 29.3 Å². The van der Waals surface area contributed by atoms with Gasteiger partial charge in [-0.1, -0.05) is 29.8 Å². The molecule has 180 valence electrons. The Kier molecular flexibility index (Phi) is 5.73. The van der Waals surface area contributed by atoms with Gasteiger partial charge in [0.1, 0.15) is 11.3 Å². The lowest BCUT2D eigenvalue weighted by atomic mass is 10.1. The number of carbonyl (C=O) groups is 4. The number of rotatable bonds is 5. The molecule has 3 amide bonds. The summed E-state index contributed by atoms with van der Waals surface area (Å²) in [6.07, 6.45) is -0.0485. The van der Waals surface area contributed by atoms with E-state index in [1.54, 1.807) is 24.3 Å². The van der Waals surface area contributed by atoms with E-state index >= 15 is 0 Å². The van der Waals surface area contributed by atoms with Gasteiger partial charge in [0.15, 0.2) is 0 Å². The molecule has 0 spiro atoms. The molecule has 0 radical (unpaired) electrons. The monoisotopic (exact) mass is 505 g/mol. The summed E-state index contributed by atoms with van der Waals surface area (Å²) < 4.78 is 5.46. The lowest BCUT2D eigenvalue weighted by Gasteiger charge is -2.17. The molecule has 2 heterocycles. The van der Waals surface area contributed by atoms with Gasteiger partial charge in [-0.25, -0.2) is 4.90 Å². The molecule has 0 saturated carbocycles. The van der Waals surface area contributed by atoms with Crippen LogP contribution in [-0.4, -0.2) is 35.2 Å². The van der Waals surface area contributed by atoms with Crippen LogP contribution in [0.4, 0.5) is 17.1 Å². The van der Waals surface area contributed by atoms with Crippen molar-refractivity contribution in [1.29, 1.82) is 0 Å². The Hall–Kier alpha value is -4.57. The van der Waals surface area contributed by atoms with Gasteiger partial charge in [0.2, 0.25) is 5.91 Å². The first kappa shape index (κ1) is 23.2. The molecule has 1 saturated heterocycles. The van der Waals surface area contributed by atoms with Crippen LogP contribution in [-0.2, 0) is 9.59 Å². The molecule has 1 fully saturated rings. The summed E-state index contributed by atoms with van der Waals surface area (Å²) in [5.74, 6) is -3.15. The number of anilines is 2. The van der Waals surface area contributed by atoms with Crippen molar-refractivity contribution in [3.63, 3.8) is 0 Å². The maximum atomic E-state index is 12.9. The zero-order valence-corrected chi connectivity index (χ0v) is 19.2. The van der Waals surface area contributed by atoms with Gasteiger partial charge in [-0.15, -0.1) is 0 Å². The Morgan fingerprint density at radius 3 is 2.44 bits per heavy atom. The third kappa shape index (κ3) is 3.97. The van der Waals surface area contributed by atoms with Crippen molar-refractivity contribution in [1.82, 2.24) is 0 Å². The molecule has 11 heteroatoms. The smallest absolute Gasteiger partial charge is 0.316 e. The van der Waals surface area contributed by atoms with Gasteiger partial charge in [-0.05, 0) is 36.4 Å². The highest BCUT2D eigenvalue weighted by Gasteiger charge is 2.42. The van der Waals surface area contributed by atoms with Crippen molar-refractivity contribution in [2.45, 2.75) is 6.42 Å².